The Kier molecular flexibility index (Phi) is 3.05. The molecule has 0 amide bonds. The number of aromatic nitrogens is 2. The summed E-state index contributed by atoms with van der Waals surface area (Å²) in [5.74, 6) is 0.720. The zero-order chi connectivity index (χ0) is 14.3. The van der Waals surface area contributed by atoms with Crippen LogP contribution in [0.3, 0.4) is 0 Å². The van der Waals surface area contributed by atoms with E-state index in [4.69, 9.17) is 5.73 Å². The van der Waals surface area contributed by atoms with Gasteiger partial charge in [-0.15, -0.1) is 0 Å². The second-order valence-corrected chi connectivity index (χ2v) is 7.34. The number of hydrogen-bond donors (Lipinski definition) is 1. The number of nitrogen functional groups attached to an aromatic ring is 1. The first-order valence-electron chi connectivity index (χ1n) is 6.56. The minimum atomic E-state index is -3.38. The predicted molar refractivity (Wildman–Crippen MR) is 77.9 cm³/mol. The Morgan fingerprint density at radius 2 is 2.15 bits per heavy atom. The van der Waals surface area contributed by atoms with Gasteiger partial charge in [0.05, 0.1) is 16.8 Å². The molecule has 2 N–H and O–H groups in total. The van der Waals surface area contributed by atoms with Gasteiger partial charge in [-0.1, -0.05) is 12.1 Å². The van der Waals surface area contributed by atoms with Gasteiger partial charge in [0, 0.05) is 30.1 Å². The van der Waals surface area contributed by atoms with Crippen molar-refractivity contribution in [2.75, 3.05) is 12.0 Å². The predicted octanol–water partition coefficient (Wildman–Crippen LogP) is 1.95. The van der Waals surface area contributed by atoms with Gasteiger partial charge in [0.2, 0.25) is 0 Å². The number of benzene rings is 1. The molecule has 106 valence electrons. The van der Waals surface area contributed by atoms with E-state index in [1.165, 1.54) is 19.1 Å². The molecule has 1 saturated carbocycles. The quantitative estimate of drug-likeness (QED) is 0.873. The summed E-state index contributed by atoms with van der Waals surface area (Å²) in [4.78, 5) is 0.186. The smallest absolute Gasteiger partial charge is 0.178 e. The van der Waals surface area contributed by atoms with Gasteiger partial charge < -0.3 is 5.73 Å². The van der Waals surface area contributed by atoms with Crippen LogP contribution in [0.15, 0.2) is 35.5 Å². The Hall–Kier alpha value is -1.82. The molecular weight excluding hydrogens is 274 g/mol. The molecule has 0 spiro atoms. The summed E-state index contributed by atoms with van der Waals surface area (Å²) in [6, 6.07) is 5.14. The lowest BCUT2D eigenvalue weighted by molar-refractivity contribution is 0.563. The fourth-order valence-electron chi connectivity index (χ4n) is 2.36. The van der Waals surface area contributed by atoms with Gasteiger partial charge in [0.1, 0.15) is 0 Å². The van der Waals surface area contributed by atoms with E-state index >= 15 is 0 Å². The third-order valence-electron chi connectivity index (χ3n) is 3.50. The zero-order valence-corrected chi connectivity index (χ0v) is 12.1. The molecule has 0 bridgehead atoms. The lowest BCUT2D eigenvalue weighted by atomic mass is 10.1. The highest BCUT2D eigenvalue weighted by molar-refractivity contribution is 7.91. The number of hydrogen-bond acceptors (Lipinski definition) is 4. The van der Waals surface area contributed by atoms with E-state index in [2.05, 4.69) is 5.10 Å². The van der Waals surface area contributed by atoms with Gasteiger partial charge in [-0.05, 0) is 24.8 Å². The highest BCUT2D eigenvalue weighted by Crippen LogP contribution is 2.33. The molecule has 2 aromatic rings. The minimum Gasteiger partial charge on any atom is -0.398 e. The average Bonchev–Trinajstić information content (AvgIpc) is 3.03. The maximum atomic E-state index is 11.9. The van der Waals surface area contributed by atoms with E-state index in [1.54, 1.807) is 24.4 Å². The zero-order valence-electron chi connectivity index (χ0n) is 11.3. The minimum absolute atomic E-state index is 0.186. The van der Waals surface area contributed by atoms with Gasteiger partial charge in [-0.3, -0.25) is 4.68 Å². The standard InChI is InChI=1S/C14H17N3O2S/c1-20(18,19)14-12(3-2-4-13(14)15)11-7-16-17(9-11)8-10-5-6-10/h2-4,7,9-10H,5-6,8,15H2,1H3. The van der Waals surface area contributed by atoms with Crippen molar-refractivity contribution in [1.82, 2.24) is 9.78 Å². The second kappa shape index (κ2) is 4.63. The summed E-state index contributed by atoms with van der Waals surface area (Å²) >= 11 is 0. The topological polar surface area (TPSA) is 78.0 Å². The van der Waals surface area contributed by atoms with Crippen LogP contribution in [0.2, 0.25) is 0 Å². The fourth-order valence-corrected chi connectivity index (χ4v) is 3.45. The Labute approximate surface area is 118 Å². The number of rotatable bonds is 4. The molecule has 1 fully saturated rings. The number of sulfone groups is 1. The monoisotopic (exact) mass is 291 g/mol. The van der Waals surface area contributed by atoms with E-state index in [1.807, 2.05) is 10.9 Å². The Balaban J connectivity index is 2.05. The SMILES string of the molecule is CS(=O)(=O)c1c(N)cccc1-c1cnn(CC2CC2)c1. The summed E-state index contributed by atoms with van der Waals surface area (Å²) in [7, 11) is -3.38. The second-order valence-electron chi connectivity index (χ2n) is 5.39. The fraction of sp³-hybridized carbons (Fsp3) is 0.357. The van der Waals surface area contributed by atoms with Crippen LogP contribution in [0.25, 0.3) is 11.1 Å². The summed E-state index contributed by atoms with van der Waals surface area (Å²) in [6.45, 7) is 0.899. The van der Waals surface area contributed by atoms with Crippen molar-refractivity contribution < 1.29 is 8.42 Å². The van der Waals surface area contributed by atoms with Crippen LogP contribution in [-0.4, -0.2) is 24.5 Å². The first kappa shape index (κ1) is 13.2. The molecule has 0 radical (unpaired) electrons. The molecule has 6 heteroatoms. The van der Waals surface area contributed by atoms with Gasteiger partial charge in [0.25, 0.3) is 0 Å². The molecular formula is C14H17N3O2S. The van der Waals surface area contributed by atoms with Crippen molar-refractivity contribution in [3.8, 4) is 11.1 Å². The first-order chi connectivity index (χ1) is 9.45. The van der Waals surface area contributed by atoms with E-state index in [-0.39, 0.29) is 10.6 Å². The molecule has 1 aliphatic carbocycles. The van der Waals surface area contributed by atoms with Crippen LogP contribution in [-0.2, 0) is 16.4 Å². The molecule has 1 aromatic heterocycles. The maximum absolute atomic E-state index is 11.9. The van der Waals surface area contributed by atoms with Gasteiger partial charge in [0.15, 0.2) is 9.84 Å². The van der Waals surface area contributed by atoms with E-state index in [0.717, 1.165) is 18.0 Å². The third kappa shape index (κ3) is 2.56. The van der Waals surface area contributed by atoms with E-state index in [9.17, 15) is 8.42 Å². The number of nitrogens with two attached hydrogens (primary N) is 1. The van der Waals surface area contributed by atoms with Gasteiger partial charge in [-0.25, -0.2) is 8.42 Å². The van der Waals surface area contributed by atoms with Crippen molar-refractivity contribution in [3.05, 3.63) is 30.6 Å². The van der Waals surface area contributed by atoms with Crippen molar-refractivity contribution in [1.29, 1.82) is 0 Å². The molecule has 0 unspecified atom stereocenters. The average molecular weight is 291 g/mol. The van der Waals surface area contributed by atoms with Crippen molar-refractivity contribution in [3.63, 3.8) is 0 Å². The van der Waals surface area contributed by atoms with Crippen LogP contribution in [0.4, 0.5) is 5.69 Å². The lowest BCUT2D eigenvalue weighted by Crippen LogP contribution is -2.04. The summed E-state index contributed by atoms with van der Waals surface area (Å²) in [6.07, 6.45) is 7.27. The van der Waals surface area contributed by atoms with Crippen LogP contribution in [0.5, 0.6) is 0 Å². The molecule has 1 aliphatic rings. The first-order valence-corrected chi connectivity index (χ1v) is 8.45. The molecule has 20 heavy (non-hydrogen) atoms. The van der Waals surface area contributed by atoms with Gasteiger partial charge >= 0.3 is 0 Å². The largest absolute Gasteiger partial charge is 0.398 e. The van der Waals surface area contributed by atoms with Crippen molar-refractivity contribution in [2.24, 2.45) is 5.92 Å². The van der Waals surface area contributed by atoms with E-state index < -0.39 is 9.84 Å². The van der Waals surface area contributed by atoms with Crippen LogP contribution in [0, 0.1) is 5.92 Å². The van der Waals surface area contributed by atoms with Crippen LogP contribution < -0.4 is 5.73 Å². The summed E-state index contributed by atoms with van der Waals surface area (Å²) in [5, 5.41) is 4.31. The Bertz CT molecular complexity index is 746. The molecule has 0 saturated heterocycles. The Morgan fingerprint density at radius 3 is 2.80 bits per heavy atom. The van der Waals surface area contributed by atoms with Crippen molar-refractivity contribution in [2.45, 2.75) is 24.3 Å². The molecule has 0 atom stereocenters. The number of nitrogens with zero attached hydrogens (tertiary/aromatic N) is 2. The highest BCUT2D eigenvalue weighted by Gasteiger charge is 2.23. The summed E-state index contributed by atoms with van der Waals surface area (Å²) < 4.78 is 25.7. The molecule has 5 nitrogen and oxygen atoms in total. The maximum Gasteiger partial charge on any atom is 0.178 e. The van der Waals surface area contributed by atoms with Crippen molar-refractivity contribution >= 4 is 15.5 Å². The van der Waals surface area contributed by atoms with E-state index in [0.29, 0.717) is 5.56 Å². The lowest BCUT2D eigenvalue weighted by Gasteiger charge is -2.08. The normalized spacial score (nSPS) is 15.4. The Morgan fingerprint density at radius 1 is 1.40 bits per heavy atom. The molecule has 3 rings (SSSR count). The molecule has 0 aliphatic heterocycles. The summed E-state index contributed by atoms with van der Waals surface area (Å²) in [5.41, 5.74) is 7.52. The highest BCUT2D eigenvalue weighted by atomic mass is 32.2. The molecule has 1 aromatic carbocycles. The van der Waals surface area contributed by atoms with Crippen LogP contribution in [0.1, 0.15) is 12.8 Å². The van der Waals surface area contributed by atoms with Gasteiger partial charge in [-0.2, -0.15) is 5.10 Å². The van der Waals surface area contributed by atoms with Crippen LogP contribution >= 0.6 is 0 Å². The molecule has 1 heterocycles. The third-order valence-corrected chi connectivity index (χ3v) is 4.70. The number of anilines is 1.